The summed E-state index contributed by atoms with van der Waals surface area (Å²) in [6.45, 7) is 10.8. The summed E-state index contributed by atoms with van der Waals surface area (Å²) >= 11 is 0. The van der Waals surface area contributed by atoms with E-state index in [-0.39, 0.29) is 11.7 Å². The Morgan fingerprint density at radius 3 is 2.76 bits per heavy atom. The molecule has 0 aromatic heterocycles. The number of fused-ring (bicyclic) bond motifs is 1. The van der Waals surface area contributed by atoms with E-state index in [2.05, 4.69) is 32.2 Å². The molecule has 0 aliphatic carbocycles. The van der Waals surface area contributed by atoms with Crippen LogP contribution in [0, 0.1) is 0 Å². The third-order valence-electron chi connectivity index (χ3n) is 3.89. The SMILES string of the molecule is CCNC1CC(C)(C)Oc2cc(OC(C)C(C)O)ccc21. The minimum atomic E-state index is -0.507. The van der Waals surface area contributed by atoms with Crippen LogP contribution in [0.2, 0.25) is 0 Å². The van der Waals surface area contributed by atoms with Crippen molar-refractivity contribution < 1.29 is 14.6 Å². The Hall–Kier alpha value is -1.26. The van der Waals surface area contributed by atoms with Gasteiger partial charge in [0.2, 0.25) is 0 Å². The van der Waals surface area contributed by atoms with Crippen molar-refractivity contribution in [2.75, 3.05) is 6.54 Å². The van der Waals surface area contributed by atoms with Crippen molar-refractivity contribution in [3.05, 3.63) is 23.8 Å². The third kappa shape index (κ3) is 3.89. The van der Waals surface area contributed by atoms with Crippen LogP contribution in [0.5, 0.6) is 11.5 Å². The summed E-state index contributed by atoms with van der Waals surface area (Å²) in [5.41, 5.74) is 0.974. The maximum absolute atomic E-state index is 9.55. The first-order valence-corrected chi connectivity index (χ1v) is 7.73. The summed E-state index contributed by atoms with van der Waals surface area (Å²) in [7, 11) is 0. The quantitative estimate of drug-likeness (QED) is 0.876. The van der Waals surface area contributed by atoms with Gasteiger partial charge in [-0.25, -0.2) is 0 Å². The van der Waals surface area contributed by atoms with Gasteiger partial charge in [-0.3, -0.25) is 0 Å². The number of aliphatic hydroxyl groups excluding tert-OH is 1. The molecule has 2 rings (SSSR count). The van der Waals surface area contributed by atoms with Crippen molar-refractivity contribution >= 4 is 0 Å². The molecule has 1 aliphatic rings. The van der Waals surface area contributed by atoms with E-state index < -0.39 is 6.10 Å². The molecule has 1 aromatic carbocycles. The largest absolute Gasteiger partial charge is 0.488 e. The Labute approximate surface area is 127 Å². The summed E-state index contributed by atoms with van der Waals surface area (Å²) in [4.78, 5) is 0. The average molecular weight is 293 g/mol. The van der Waals surface area contributed by atoms with Crippen molar-refractivity contribution in [3.8, 4) is 11.5 Å². The minimum absolute atomic E-state index is 0.200. The molecule has 0 saturated heterocycles. The molecule has 4 nitrogen and oxygen atoms in total. The van der Waals surface area contributed by atoms with Gasteiger partial charge in [0, 0.05) is 24.1 Å². The molecular weight excluding hydrogens is 266 g/mol. The lowest BCUT2D eigenvalue weighted by Crippen LogP contribution is -2.39. The zero-order valence-electron chi connectivity index (χ0n) is 13.6. The second-order valence-corrected chi connectivity index (χ2v) is 6.44. The van der Waals surface area contributed by atoms with E-state index >= 15 is 0 Å². The number of ether oxygens (including phenoxy) is 2. The molecule has 1 aliphatic heterocycles. The fourth-order valence-electron chi connectivity index (χ4n) is 2.65. The number of nitrogens with one attached hydrogen (secondary N) is 1. The first-order valence-electron chi connectivity index (χ1n) is 7.73. The highest BCUT2D eigenvalue weighted by Gasteiger charge is 2.33. The van der Waals surface area contributed by atoms with Crippen LogP contribution in [0.1, 0.15) is 52.6 Å². The van der Waals surface area contributed by atoms with Crippen LogP contribution in [0.25, 0.3) is 0 Å². The van der Waals surface area contributed by atoms with Crippen molar-refractivity contribution in [2.24, 2.45) is 0 Å². The molecule has 0 bridgehead atoms. The molecule has 4 heteroatoms. The molecule has 118 valence electrons. The Bertz CT molecular complexity index is 485. The van der Waals surface area contributed by atoms with E-state index in [1.165, 1.54) is 5.56 Å². The molecule has 1 heterocycles. The molecule has 0 saturated carbocycles. The fraction of sp³-hybridized carbons (Fsp3) is 0.647. The average Bonchev–Trinajstić information content (AvgIpc) is 2.37. The second-order valence-electron chi connectivity index (χ2n) is 6.44. The molecule has 3 unspecified atom stereocenters. The summed E-state index contributed by atoms with van der Waals surface area (Å²) in [5.74, 6) is 1.60. The standard InChI is InChI=1S/C17H27NO3/c1-6-18-15-10-17(4,5)21-16-9-13(7-8-14(15)16)20-12(3)11(2)19/h7-9,11-12,15,18-19H,6,10H2,1-5H3. The highest BCUT2D eigenvalue weighted by molar-refractivity contribution is 5.44. The monoisotopic (exact) mass is 293 g/mol. The van der Waals surface area contributed by atoms with Gasteiger partial charge in [-0.1, -0.05) is 13.0 Å². The van der Waals surface area contributed by atoms with Crippen LogP contribution < -0.4 is 14.8 Å². The van der Waals surface area contributed by atoms with Crippen molar-refractivity contribution in [3.63, 3.8) is 0 Å². The maximum atomic E-state index is 9.55. The summed E-state index contributed by atoms with van der Waals surface area (Å²) < 4.78 is 11.9. The van der Waals surface area contributed by atoms with E-state index in [9.17, 15) is 5.11 Å². The maximum Gasteiger partial charge on any atom is 0.128 e. The molecular formula is C17H27NO3. The zero-order valence-corrected chi connectivity index (χ0v) is 13.6. The normalized spacial score (nSPS) is 22.9. The van der Waals surface area contributed by atoms with Crippen molar-refractivity contribution in [2.45, 2.75) is 64.9 Å². The smallest absolute Gasteiger partial charge is 0.128 e. The van der Waals surface area contributed by atoms with E-state index in [1.54, 1.807) is 6.92 Å². The first-order chi connectivity index (χ1) is 9.82. The molecule has 0 fully saturated rings. The van der Waals surface area contributed by atoms with Gasteiger partial charge in [0.25, 0.3) is 0 Å². The topological polar surface area (TPSA) is 50.7 Å². The minimum Gasteiger partial charge on any atom is -0.488 e. The van der Waals surface area contributed by atoms with Gasteiger partial charge in [-0.2, -0.15) is 0 Å². The summed E-state index contributed by atoms with van der Waals surface area (Å²) in [6, 6.07) is 6.24. The highest BCUT2D eigenvalue weighted by atomic mass is 16.5. The lowest BCUT2D eigenvalue weighted by atomic mass is 9.89. The number of benzene rings is 1. The van der Waals surface area contributed by atoms with Gasteiger partial charge >= 0.3 is 0 Å². The Kier molecular flexibility index (Phi) is 4.79. The van der Waals surface area contributed by atoms with Gasteiger partial charge in [0.05, 0.1) is 6.10 Å². The van der Waals surface area contributed by atoms with E-state index in [4.69, 9.17) is 9.47 Å². The van der Waals surface area contributed by atoms with Gasteiger partial charge in [0.15, 0.2) is 0 Å². The molecule has 1 aromatic rings. The molecule has 2 N–H and O–H groups in total. The number of aliphatic hydroxyl groups is 1. The van der Waals surface area contributed by atoms with E-state index in [0.29, 0.717) is 6.04 Å². The summed E-state index contributed by atoms with van der Waals surface area (Å²) in [6.07, 6.45) is 0.190. The van der Waals surface area contributed by atoms with Crippen LogP contribution in [0.4, 0.5) is 0 Å². The molecule has 0 radical (unpaired) electrons. The Morgan fingerprint density at radius 2 is 2.14 bits per heavy atom. The highest BCUT2D eigenvalue weighted by Crippen LogP contribution is 2.41. The first kappa shape index (κ1) is 16.1. The predicted molar refractivity (Wildman–Crippen MR) is 84.0 cm³/mol. The third-order valence-corrected chi connectivity index (χ3v) is 3.89. The second kappa shape index (κ2) is 6.24. The molecule has 21 heavy (non-hydrogen) atoms. The van der Waals surface area contributed by atoms with Crippen molar-refractivity contribution in [1.82, 2.24) is 5.32 Å². The molecule has 0 spiro atoms. The zero-order chi connectivity index (χ0) is 15.6. The van der Waals surface area contributed by atoms with Gasteiger partial charge in [-0.05, 0) is 40.3 Å². The van der Waals surface area contributed by atoms with Gasteiger partial charge in [0.1, 0.15) is 23.2 Å². The Morgan fingerprint density at radius 1 is 1.43 bits per heavy atom. The van der Waals surface area contributed by atoms with Crippen LogP contribution >= 0.6 is 0 Å². The van der Waals surface area contributed by atoms with Crippen LogP contribution in [0.3, 0.4) is 0 Å². The molecule has 3 atom stereocenters. The van der Waals surface area contributed by atoms with Crippen LogP contribution in [-0.4, -0.2) is 29.5 Å². The lowest BCUT2D eigenvalue weighted by molar-refractivity contribution is 0.0556. The van der Waals surface area contributed by atoms with Gasteiger partial charge in [-0.15, -0.1) is 0 Å². The van der Waals surface area contributed by atoms with E-state index in [1.807, 2.05) is 19.1 Å². The summed E-state index contributed by atoms with van der Waals surface area (Å²) in [5, 5.41) is 13.1. The predicted octanol–water partition coefficient (Wildman–Crippen LogP) is 3.05. The fourth-order valence-corrected chi connectivity index (χ4v) is 2.65. The molecule has 0 amide bonds. The number of hydrogen-bond donors (Lipinski definition) is 2. The van der Waals surface area contributed by atoms with Crippen LogP contribution in [-0.2, 0) is 0 Å². The lowest BCUT2D eigenvalue weighted by Gasteiger charge is -2.38. The van der Waals surface area contributed by atoms with Crippen LogP contribution in [0.15, 0.2) is 18.2 Å². The number of rotatable bonds is 5. The number of hydrogen-bond acceptors (Lipinski definition) is 4. The van der Waals surface area contributed by atoms with Gasteiger partial charge < -0.3 is 19.9 Å². The van der Waals surface area contributed by atoms with E-state index in [0.717, 1.165) is 24.5 Å². The Balaban J connectivity index is 2.25. The van der Waals surface area contributed by atoms with Crippen molar-refractivity contribution in [1.29, 1.82) is 0 Å².